The van der Waals surface area contributed by atoms with Gasteiger partial charge >= 0.3 is 0 Å². The van der Waals surface area contributed by atoms with E-state index in [4.69, 9.17) is 10.5 Å². The van der Waals surface area contributed by atoms with Crippen LogP contribution >= 0.6 is 0 Å². The van der Waals surface area contributed by atoms with Gasteiger partial charge in [-0.3, -0.25) is 4.98 Å². The third kappa shape index (κ3) is 3.51. The third-order valence-corrected chi connectivity index (χ3v) is 3.61. The molecule has 0 spiro atoms. The average Bonchev–Trinajstić information content (AvgIpc) is 2.39. The molecule has 1 atom stereocenters. The summed E-state index contributed by atoms with van der Waals surface area (Å²) in [4.78, 5) is 4.02. The molecule has 0 amide bonds. The minimum atomic E-state index is 0.0245. The number of nitrogens with two attached hydrogens (primary N) is 1. The Labute approximate surface area is 103 Å². The van der Waals surface area contributed by atoms with Gasteiger partial charge in [0.15, 0.2) is 0 Å². The molecule has 0 aliphatic heterocycles. The number of rotatable bonds is 4. The van der Waals surface area contributed by atoms with Gasteiger partial charge in [0.1, 0.15) is 0 Å². The summed E-state index contributed by atoms with van der Waals surface area (Å²) in [5.74, 6) is 0.854. The first-order valence-electron chi connectivity index (χ1n) is 6.55. The Morgan fingerprint density at radius 1 is 1.29 bits per heavy atom. The highest BCUT2D eigenvalue weighted by Gasteiger charge is 2.22. The predicted octanol–water partition coefficient (Wildman–Crippen LogP) is 2.68. The zero-order chi connectivity index (χ0) is 12.1. The second kappa shape index (κ2) is 6.12. The molecule has 1 aliphatic carbocycles. The number of pyridine rings is 1. The molecule has 1 aromatic heterocycles. The molecular weight excluding hydrogens is 212 g/mol. The van der Waals surface area contributed by atoms with Gasteiger partial charge in [-0.15, -0.1) is 0 Å². The van der Waals surface area contributed by atoms with Gasteiger partial charge < -0.3 is 10.5 Å². The van der Waals surface area contributed by atoms with Crippen molar-refractivity contribution < 1.29 is 4.74 Å². The average molecular weight is 234 g/mol. The van der Waals surface area contributed by atoms with Crippen LogP contribution in [-0.4, -0.2) is 17.6 Å². The third-order valence-electron chi connectivity index (χ3n) is 3.61. The summed E-state index contributed by atoms with van der Waals surface area (Å²) in [5, 5.41) is 0. The van der Waals surface area contributed by atoms with Crippen molar-refractivity contribution in [2.45, 2.75) is 44.8 Å². The molecule has 1 aromatic rings. The molecule has 1 fully saturated rings. The topological polar surface area (TPSA) is 48.1 Å². The normalized spacial score (nSPS) is 26.7. The summed E-state index contributed by atoms with van der Waals surface area (Å²) >= 11 is 0. The van der Waals surface area contributed by atoms with Crippen LogP contribution in [0.1, 0.15) is 44.3 Å². The van der Waals surface area contributed by atoms with Gasteiger partial charge in [0.2, 0.25) is 0 Å². The Balaban J connectivity index is 1.92. The molecule has 3 nitrogen and oxygen atoms in total. The maximum Gasteiger partial charge on any atom is 0.0951 e. The molecule has 0 saturated heterocycles. The Kier molecular flexibility index (Phi) is 4.51. The van der Waals surface area contributed by atoms with Crippen LogP contribution in [0.2, 0.25) is 0 Å². The van der Waals surface area contributed by atoms with Gasteiger partial charge in [-0.05, 0) is 49.3 Å². The van der Waals surface area contributed by atoms with Crippen LogP contribution in [0, 0.1) is 5.92 Å². The lowest BCUT2D eigenvalue weighted by Crippen LogP contribution is -2.26. The minimum absolute atomic E-state index is 0.0245. The largest absolute Gasteiger partial charge is 0.369 e. The second-order valence-electron chi connectivity index (χ2n) is 5.02. The Hall–Kier alpha value is -0.930. The zero-order valence-electron chi connectivity index (χ0n) is 10.5. The predicted molar refractivity (Wildman–Crippen MR) is 68.5 cm³/mol. The molecule has 2 N–H and O–H groups in total. The van der Waals surface area contributed by atoms with Gasteiger partial charge in [0, 0.05) is 18.9 Å². The first-order chi connectivity index (χ1) is 8.29. The quantitative estimate of drug-likeness (QED) is 0.871. The zero-order valence-corrected chi connectivity index (χ0v) is 10.5. The van der Waals surface area contributed by atoms with Crippen molar-refractivity contribution >= 4 is 0 Å². The molecule has 0 aromatic carbocycles. The van der Waals surface area contributed by atoms with E-state index < -0.39 is 0 Å². The van der Waals surface area contributed by atoms with Crippen molar-refractivity contribution in [1.29, 1.82) is 0 Å². The summed E-state index contributed by atoms with van der Waals surface area (Å²) in [6, 6.07) is 3.98. The number of hydrogen-bond donors (Lipinski definition) is 1. The second-order valence-corrected chi connectivity index (χ2v) is 5.02. The summed E-state index contributed by atoms with van der Waals surface area (Å²) in [7, 11) is 0. The van der Waals surface area contributed by atoms with Crippen LogP contribution in [0.15, 0.2) is 24.5 Å². The fraction of sp³-hybridized carbons (Fsp3) is 0.643. The molecule has 1 aliphatic rings. The summed E-state index contributed by atoms with van der Waals surface area (Å²) in [6.45, 7) is 2.86. The number of ether oxygens (including phenoxy) is 1. The van der Waals surface area contributed by atoms with Crippen molar-refractivity contribution in [2.75, 3.05) is 6.54 Å². The van der Waals surface area contributed by atoms with Gasteiger partial charge in [-0.25, -0.2) is 0 Å². The van der Waals surface area contributed by atoms with Crippen LogP contribution in [0.25, 0.3) is 0 Å². The van der Waals surface area contributed by atoms with Crippen LogP contribution in [0.4, 0.5) is 0 Å². The Morgan fingerprint density at radius 3 is 2.53 bits per heavy atom. The Bertz CT molecular complexity index is 320. The molecule has 0 bridgehead atoms. The highest BCUT2D eigenvalue weighted by atomic mass is 16.5. The molecule has 1 saturated carbocycles. The SMILES string of the molecule is CC1CCC(OC(CN)c2ccncc2)CC1. The Morgan fingerprint density at radius 2 is 1.94 bits per heavy atom. The lowest BCUT2D eigenvalue weighted by atomic mass is 9.89. The van der Waals surface area contributed by atoms with Crippen molar-refractivity contribution in [2.24, 2.45) is 11.7 Å². The molecule has 0 radical (unpaired) electrons. The lowest BCUT2D eigenvalue weighted by molar-refractivity contribution is -0.0328. The molecule has 1 heterocycles. The lowest BCUT2D eigenvalue weighted by Gasteiger charge is -2.29. The highest BCUT2D eigenvalue weighted by molar-refractivity contribution is 5.13. The van der Waals surface area contributed by atoms with Gasteiger partial charge in [-0.1, -0.05) is 6.92 Å². The van der Waals surface area contributed by atoms with Crippen LogP contribution in [-0.2, 0) is 4.74 Å². The molecular formula is C14H22N2O. The standard InChI is InChI=1S/C14H22N2O/c1-11-2-4-13(5-3-11)17-14(10-15)12-6-8-16-9-7-12/h6-9,11,13-14H,2-5,10,15H2,1H3. The van der Waals surface area contributed by atoms with Crippen molar-refractivity contribution in [3.05, 3.63) is 30.1 Å². The van der Waals surface area contributed by atoms with E-state index in [1.165, 1.54) is 25.7 Å². The van der Waals surface area contributed by atoms with E-state index in [1.54, 1.807) is 12.4 Å². The maximum atomic E-state index is 6.12. The van der Waals surface area contributed by atoms with Crippen molar-refractivity contribution in [1.82, 2.24) is 4.98 Å². The summed E-state index contributed by atoms with van der Waals surface area (Å²) in [6.07, 6.45) is 8.89. The monoisotopic (exact) mass is 234 g/mol. The number of aromatic nitrogens is 1. The van der Waals surface area contributed by atoms with E-state index in [0.717, 1.165) is 11.5 Å². The van der Waals surface area contributed by atoms with Gasteiger partial charge in [-0.2, -0.15) is 0 Å². The van der Waals surface area contributed by atoms with E-state index in [2.05, 4.69) is 11.9 Å². The van der Waals surface area contributed by atoms with Crippen LogP contribution in [0.3, 0.4) is 0 Å². The van der Waals surface area contributed by atoms with Crippen molar-refractivity contribution in [3.8, 4) is 0 Å². The molecule has 17 heavy (non-hydrogen) atoms. The number of nitrogens with zero attached hydrogens (tertiary/aromatic N) is 1. The minimum Gasteiger partial charge on any atom is -0.369 e. The van der Waals surface area contributed by atoms with Crippen LogP contribution < -0.4 is 5.73 Å². The first kappa shape index (κ1) is 12.5. The fourth-order valence-corrected chi connectivity index (χ4v) is 2.45. The van der Waals surface area contributed by atoms with Crippen LogP contribution in [0.5, 0.6) is 0 Å². The van der Waals surface area contributed by atoms with Gasteiger partial charge in [0.05, 0.1) is 12.2 Å². The van der Waals surface area contributed by atoms with E-state index in [0.29, 0.717) is 12.6 Å². The van der Waals surface area contributed by atoms with E-state index >= 15 is 0 Å². The molecule has 2 rings (SSSR count). The maximum absolute atomic E-state index is 6.12. The summed E-state index contributed by atoms with van der Waals surface area (Å²) in [5.41, 5.74) is 6.94. The van der Waals surface area contributed by atoms with E-state index in [1.807, 2.05) is 12.1 Å². The van der Waals surface area contributed by atoms with E-state index in [9.17, 15) is 0 Å². The molecule has 1 unspecified atom stereocenters. The molecule has 3 heteroatoms. The van der Waals surface area contributed by atoms with Gasteiger partial charge in [0.25, 0.3) is 0 Å². The van der Waals surface area contributed by atoms with E-state index in [-0.39, 0.29) is 6.10 Å². The molecule has 94 valence electrons. The fourth-order valence-electron chi connectivity index (χ4n) is 2.45. The number of hydrogen-bond acceptors (Lipinski definition) is 3. The smallest absolute Gasteiger partial charge is 0.0951 e. The summed E-state index contributed by atoms with van der Waals surface area (Å²) < 4.78 is 6.12. The highest BCUT2D eigenvalue weighted by Crippen LogP contribution is 2.29. The van der Waals surface area contributed by atoms with Crippen molar-refractivity contribution in [3.63, 3.8) is 0 Å². The first-order valence-corrected chi connectivity index (χ1v) is 6.55.